The van der Waals surface area contributed by atoms with Crippen LogP contribution in [0.25, 0.3) is 22.2 Å². The molecule has 3 aromatic rings. The maximum Gasteiger partial charge on any atom is 0.0464 e. The van der Waals surface area contributed by atoms with Crippen LogP contribution in [0.2, 0.25) is 0 Å². The number of halogens is 1. The van der Waals surface area contributed by atoms with Crippen LogP contribution in [0.5, 0.6) is 0 Å². The van der Waals surface area contributed by atoms with Gasteiger partial charge in [0.15, 0.2) is 0 Å². The van der Waals surface area contributed by atoms with E-state index in [1.807, 2.05) is 0 Å². The molecule has 17 heavy (non-hydrogen) atoms. The highest BCUT2D eigenvalue weighted by Gasteiger charge is 2.03. The van der Waals surface area contributed by atoms with E-state index >= 15 is 0 Å². The molecule has 0 fully saturated rings. The van der Waals surface area contributed by atoms with E-state index in [4.69, 9.17) is 0 Å². The molecule has 0 saturated heterocycles. The third-order valence-corrected chi connectivity index (χ3v) is 3.44. The number of hydrogen-bond acceptors (Lipinski definition) is 0. The topological polar surface area (TPSA) is 15.8 Å². The monoisotopic (exact) mass is 285 g/mol. The molecule has 0 amide bonds. The Morgan fingerprint density at radius 2 is 1.71 bits per heavy atom. The molecule has 0 unspecified atom stereocenters. The van der Waals surface area contributed by atoms with E-state index in [0.29, 0.717) is 0 Å². The Kier molecular flexibility index (Phi) is 2.52. The summed E-state index contributed by atoms with van der Waals surface area (Å²) in [5.74, 6) is 0. The molecule has 0 aliphatic carbocycles. The van der Waals surface area contributed by atoms with Crippen molar-refractivity contribution in [2.24, 2.45) is 0 Å². The Morgan fingerprint density at radius 3 is 2.47 bits per heavy atom. The Labute approximate surface area is 109 Å². The van der Waals surface area contributed by atoms with Crippen molar-refractivity contribution < 1.29 is 0 Å². The highest BCUT2D eigenvalue weighted by molar-refractivity contribution is 9.10. The predicted molar refractivity (Wildman–Crippen MR) is 76.2 cm³/mol. The molecule has 1 heterocycles. The van der Waals surface area contributed by atoms with E-state index in [-0.39, 0.29) is 0 Å². The minimum absolute atomic E-state index is 1.11. The molecule has 0 aliphatic heterocycles. The molecule has 0 spiro atoms. The third-order valence-electron chi connectivity index (χ3n) is 2.95. The van der Waals surface area contributed by atoms with Crippen LogP contribution >= 0.6 is 15.9 Å². The first-order valence-electron chi connectivity index (χ1n) is 5.58. The second-order valence-electron chi connectivity index (χ2n) is 4.28. The maximum absolute atomic E-state index is 3.49. The lowest BCUT2D eigenvalue weighted by atomic mass is 10.1. The Morgan fingerprint density at radius 1 is 0.941 bits per heavy atom. The van der Waals surface area contributed by atoms with Crippen molar-refractivity contribution in [2.45, 2.75) is 6.92 Å². The zero-order chi connectivity index (χ0) is 11.8. The number of aryl methyl sites for hydroxylation is 1. The molecule has 0 radical (unpaired) electrons. The van der Waals surface area contributed by atoms with Gasteiger partial charge in [-0.25, -0.2) is 0 Å². The molecule has 0 aliphatic rings. The maximum atomic E-state index is 3.49. The zero-order valence-corrected chi connectivity index (χ0v) is 11.1. The summed E-state index contributed by atoms with van der Waals surface area (Å²) in [4.78, 5) is 3.44. The van der Waals surface area contributed by atoms with Crippen LogP contribution in [0.15, 0.2) is 53.0 Å². The normalized spacial score (nSPS) is 10.9. The highest BCUT2D eigenvalue weighted by Crippen LogP contribution is 2.26. The van der Waals surface area contributed by atoms with Crippen LogP contribution in [0.1, 0.15) is 5.56 Å². The Hall–Kier alpha value is -1.54. The van der Waals surface area contributed by atoms with E-state index in [1.165, 1.54) is 22.0 Å². The van der Waals surface area contributed by atoms with Gasteiger partial charge in [0.05, 0.1) is 0 Å². The first kappa shape index (κ1) is 10.6. The van der Waals surface area contributed by atoms with Crippen molar-refractivity contribution in [3.8, 4) is 11.3 Å². The molecule has 3 rings (SSSR count). The fraction of sp³-hybridized carbons (Fsp3) is 0.0667. The molecule has 2 heteroatoms. The smallest absolute Gasteiger partial charge is 0.0464 e. The van der Waals surface area contributed by atoms with Gasteiger partial charge in [0.1, 0.15) is 0 Å². The number of aromatic amines is 1. The first-order chi connectivity index (χ1) is 8.22. The van der Waals surface area contributed by atoms with Gasteiger partial charge in [-0.15, -0.1) is 0 Å². The molecule has 0 bridgehead atoms. The lowest BCUT2D eigenvalue weighted by molar-refractivity contribution is 1.42. The fourth-order valence-electron chi connectivity index (χ4n) is 1.99. The summed E-state index contributed by atoms with van der Waals surface area (Å²) < 4.78 is 1.11. The van der Waals surface area contributed by atoms with Crippen molar-refractivity contribution in [3.05, 3.63) is 58.6 Å². The lowest BCUT2D eigenvalue weighted by Crippen LogP contribution is -1.77. The summed E-state index contributed by atoms with van der Waals surface area (Å²) in [6, 6.07) is 17.0. The van der Waals surface area contributed by atoms with Gasteiger partial charge in [-0.1, -0.05) is 45.8 Å². The van der Waals surface area contributed by atoms with E-state index in [1.54, 1.807) is 0 Å². The summed E-state index contributed by atoms with van der Waals surface area (Å²) in [5.41, 5.74) is 4.84. The predicted octanol–water partition coefficient (Wildman–Crippen LogP) is 4.91. The molecule has 84 valence electrons. The molecule has 1 aromatic heterocycles. The molecular formula is C15H12BrN. The Bertz CT molecular complexity index is 665. The minimum atomic E-state index is 1.11. The third kappa shape index (κ3) is 2.01. The van der Waals surface area contributed by atoms with Crippen LogP contribution in [0, 0.1) is 6.92 Å². The van der Waals surface area contributed by atoms with Gasteiger partial charge in [-0.3, -0.25) is 0 Å². The van der Waals surface area contributed by atoms with Crippen LogP contribution < -0.4 is 0 Å². The summed E-state index contributed by atoms with van der Waals surface area (Å²) in [5, 5.41) is 1.23. The van der Waals surface area contributed by atoms with E-state index in [9.17, 15) is 0 Å². The van der Waals surface area contributed by atoms with E-state index < -0.39 is 0 Å². The highest BCUT2D eigenvalue weighted by atomic mass is 79.9. The number of aromatic nitrogens is 1. The summed E-state index contributed by atoms with van der Waals surface area (Å²) >= 11 is 3.49. The van der Waals surface area contributed by atoms with E-state index in [2.05, 4.69) is 76.4 Å². The number of nitrogens with one attached hydrogen (secondary N) is 1. The number of rotatable bonds is 1. The molecule has 0 saturated carbocycles. The van der Waals surface area contributed by atoms with Gasteiger partial charge >= 0.3 is 0 Å². The molecule has 1 nitrogen and oxygen atoms in total. The average molecular weight is 286 g/mol. The second kappa shape index (κ2) is 4.04. The summed E-state index contributed by atoms with van der Waals surface area (Å²) in [6.07, 6.45) is 0. The number of benzene rings is 2. The van der Waals surface area contributed by atoms with Gasteiger partial charge in [0.2, 0.25) is 0 Å². The minimum Gasteiger partial charge on any atom is -0.355 e. The van der Waals surface area contributed by atoms with Crippen LogP contribution in [-0.2, 0) is 0 Å². The zero-order valence-electron chi connectivity index (χ0n) is 9.50. The van der Waals surface area contributed by atoms with Crippen molar-refractivity contribution in [3.63, 3.8) is 0 Å². The largest absolute Gasteiger partial charge is 0.355 e. The SMILES string of the molecule is Cc1ccc(-c2cc3cc(Br)ccc3[nH]2)cc1. The molecule has 1 N–H and O–H groups in total. The van der Waals surface area contributed by atoms with Gasteiger partial charge < -0.3 is 4.98 Å². The van der Waals surface area contributed by atoms with Crippen molar-refractivity contribution >= 4 is 26.8 Å². The lowest BCUT2D eigenvalue weighted by Gasteiger charge is -1.97. The summed E-state index contributed by atoms with van der Waals surface area (Å²) in [7, 11) is 0. The summed E-state index contributed by atoms with van der Waals surface area (Å²) in [6.45, 7) is 2.10. The van der Waals surface area contributed by atoms with Crippen LogP contribution in [0.3, 0.4) is 0 Å². The standard InChI is InChI=1S/C15H12BrN/c1-10-2-4-11(5-3-10)15-9-12-8-13(16)6-7-14(12)17-15/h2-9,17H,1H3. The van der Waals surface area contributed by atoms with E-state index in [0.717, 1.165) is 10.2 Å². The van der Waals surface area contributed by atoms with Crippen molar-refractivity contribution in [1.29, 1.82) is 0 Å². The molecule has 0 atom stereocenters. The number of H-pyrrole nitrogens is 1. The first-order valence-corrected chi connectivity index (χ1v) is 6.37. The van der Waals surface area contributed by atoms with Gasteiger partial charge in [-0.05, 0) is 36.8 Å². The van der Waals surface area contributed by atoms with Crippen LogP contribution in [0.4, 0.5) is 0 Å². The molecular weight excluding hydrogens is 274 g/mol. The second-order valence-corrected chi connectivity index (χ2v) is 5.20. The molecule has 2 aromatic carbocycles. The van der Waals surface area contributed by atoms with Gasteiger partial charge in [0.25, 0.3) is 0 Å². The van der Waals surface area contributed by atoms with Crippen molar-refractivity contribution in [1.82, 2.24) is 4.98 Å². The van der Waals surface area contributed by atoms with Gasteiger partial charge in [0, 0.05) is 21.1 Å². The number of fused-ring (bicyclic) bond motifs is 1. The van der Waals surface area contributed by atoms with Crippen LogP contribution in [-0.4, -0.2) is 4.98 Å². The number of hydrogen-bond donors (Lipinski definition) is 1. The fourth-order valence-corrected chi connectivity index (χ4v) is 2.37. The van der Waals surface area contributed by atoms with Gasteiger partial charge in [-0.2, -0.15) is 0 Å². The quantitative estimate of drug-likeness (QED) is 0.654. The average Bonchev–Trinajstić information content (AvgIpc) is 2.72. The Balaban J connectivity index is 2.14. The van der Waals surface area contributed by atoms with Crippen molar-refractivity contribution in [2.75, 3.05) is 0 Å².